The summed E-state index contributed by atoms with van der Waals surface area (Å²) in [7, 11) is -3.53. The molecule has 19 heavy (non-hydrogen) atoms. The summed E-state index contributed by atoms with van der Waals surface area (Å²) >= 11 is 0.724. The van der Waals surface area contributed by atoms with Crippen LogP contribution < -0.4 is 50.8 Å². The van der Waals surface area contributed by atoms with Crippen LogP contribution in [0.25, 0.3) is 0 Å². The predicted octanol–water partition coefficient (Wildman–Crippen LogP) is -4.53. The van der Waals surface area contributed by atoms with Gasteiger partial charge in [0.2, 0.25) is 5.13 Å². The van der Waals surface area contributed by atoms with Gasteiger partial charge in [0.05, 0.1) is 5.97 Å². The fourth-order valence-corrected chi connectivity index (χ4v) is 2.18. The first-order valence-corrected chi connectivity index (χ1v) is 7.16. The molecule has 0 aliphatic heterocycles. The zero-order valence-electron chi connectivity index (χ0n) is 10.2. The average molecular weight is 316 g/mol. The number of aromatic nitrogens is 2. The largest absolute Gasteiger partial charge is 1.00 e. The third-order valence-electron chi connectivity index (χ3n) is 1.39. The zero-order chi connectivity index (χ0) is 13.8. The van der Waals surface area contributed by atoms with Gasteiger partial charge in [0.1, 0.15) is 6.61 Å². The van der Waals surface area contributed by atoms with E-state index in [1.807, 2.05) is 0 Å². The van der Waals surface area contributed by atoms with Gasteiger partial charge in [-0.25, -0.2) is 0 Å². The summed E-state index contributed by atoms with van der Waals surface area (Å²) in [5, 5.41) is 16.3. The maximum Gasteiger partial charge on any atom is 1.00 e. The number of hydrogen-bond acceptors (Lipinski definition) is 8. The van der Waals surface area contributed by atoms with Crippen LogP contribution in [0.5, 0.6) is 0 Å². The van der Waals surface area contributed by atoms with Crippen molar-refractivity contribution in [1.29, 1.82) is 0 Å². The molecule has 0 aromatic carbocycles. The molecule has 100 valence electrons. The van der Waals surface area contributed by atoms with Crippen LogP contribution in [0, 0.1) is 0 Å². The number of carboxylic acid groups (broad SMARTS) is 1. The molecule has 1 heterocycles. The first-order valence-electron chi connectivity index (χ1n) is 4.54. The number of nitrogens with zero attached hydrogens (tertiary/aromatic N) is 3. The molecule has 0 saturated carbocycles. The Morgan fingerprint density at radius 3 is 2.74 bits per heavy atom. The van der Waals surface area contributed by atoms with E-state index >= 15 is 0 Å². The van der Waals surface area contributed by atoms with Crippen LogP contribution in [0.15, 0.2) is 5.16 Å². The predicted molar refractivity (Wildman–Crippen MR) is 62.7 cm³/mol. The van der Waals surface area contributed by atoms with Crippen LogP contribution in [0.1, 0.15) is 12.7 Å². The van der Waals surface area contributed by atoms with E-state index < -0.39 is 19.3 Å². The van der Waals surface area contributed by atoms with Crippen molar-refractivity contribution < 1.29 is 48.9 Å². The van der Waals surface area contributed by atoms with Crippen molar-refractivity contribution in [3.05, 3.63) is 5.82 Å². The fraction of sp³-hybridized carbons (Fsp3) is 0.333. The van der Waals surface area contributed by atoms with Crippen molar-refractivity contribution >= 4 is 35.9 Å². The first kappa shape index (κ1) is 18.4. The second-order valence-corrected chi connectivity index (χ2v) is 5.28. The van der Waals surface area contributed by atoms with Crippen LogP contribution in [-0.4, -0.2) is 27.6 Å². The molecular formula is C6H10N6NaO4PS. The SMILES string of the molecule is CCO/N=C(\C(=O)[O-])c1nsc(NP(N)(N)=O)n1.[Na+]. The summed E-state index contributed by atoms with van der Waals surface area (Å²) in [4.78, 5) is 19.1. The Morgan fingerprint density at radius 2 is 2.26 bits per heavy atom. The number of carbonyl (C=O) groups is 1. The van der Waals surface area contributed by atoms with E-state index in [1.54, 1.807) is 6.92 Å². The molecule has 0 aliphatic carbocycles. The summed E-state index contributed by atoms with van der Waals surface area (Å²) in [5.74, 6) is -1.85. The Kier molecular flexibility index (Phi) is 7.67. The third-order valence-corrected chi connectivity index (χ3v) is 2.73. The van der Waals surface area contributed by atoms with Crippen LogP contribution >= 0.6 is 19.1 Å². The van der Waals surface area contributed by atoms with Crippen LogP contribution in [0.3, 0.4) is 0 Å². The second kappa shape index (κ2) is 7.90. The van der Waals surface area contributed by atoms with Gasteiger partial charge in [-0.05, 0) is 6.92 Å². The first-order chi connectivity index (χ1) is 8.33. The van der Waals surface area contributed by atoms with Crippen molar-refractivity contribution in [2.75, 3.05) is 11.7 Å². The van der Waals surface area contributed by atoms with Crippen molar-refractivity contribution in [3.63, 3.8) is 0 Å². The van der Waals surface area contributed by atoms with E-state index in [0.717, 1.165) is 11.5 Å². The summed E-state index contributed by atoms with van der Waals surface area (Å²) in [6.45, 7) is 1.80. The Morgan fingerprint density at radius 1 is 1.63 bits per heavy atom. The van der Waals surface area contributed by atoms with Crippen molar-refractivity contribution in [2.24, 2.45) is 16.2 Å². The van der Waals surface area contributed by atoms with Gasteiger partial charge in [-0.2, -0.15) is 9.36 Å². The third kappa shape index (κ3) is 6.43. The monoisotopic (exact) mass is 316 g/mol. The number of aliphatic carboxylic acids is 1. The molecule has 0 atom stereocenters. The van der Waals surface area contributed by atoms with Gasteiger partial charge in [-0.1, -0.05) is 5.16 Å². The minimum atomic E-state index is -3.53. The maximum absolute atomic E-state index is 11.1. The fourth-order valence-electron chi connectivity index (χ4n) is 0.813. The van der Waals surface area contributed by atoms with Gasteiger partial charge in [0.15, 0.2) is 11.5 Å². The number of anilines is 1. The zero-order valence-corrected chi connectivity index (χ0v) is 13.9. The summed E-state index contributed by atoms with van der Waals surface area (Å²) < 4.78 is 14.7. The smallest absolute Gasteiger partial charge is 0.543 e. The molecular weight excluding hydrogens is 306 g/mol. The van der Waals surface area contributed by atoms with Gasteiger partial charge in [0.25, 0.3) is 7.59 Å². The molecule has 0 amide bonds. The molecule has 1 rings (SSSR count). The van der Waals surface area contributed by atoms with E-state index in [0.29, 0.717) is 0 Å². The molecule has 0 radical (unpaired) electrons. The van der Waals surface area contributed by atoms with Gasteiger partial charge in [-0.15, -0.1) is 0 Å². The number of hydrogen-bond donors (Lipinski definition) is 3. The number of oxime groups is 1. The van der Waals surface area contributed by atoms with Crippen LogP contribution in [0.4, 0.5) is 5.13 Å². The van der Waals surface area contributed by atoms with E-state index in [2.05, 4.69) is 24.4 Å². The number of nitrogens with one attached hydrogen (secondary N) is 1. The molecule has 10 nitrogen and oxygen atoms in total. The molecule has 1 aromatic heterocycles. The van der Waals surface area contributed by atoms with Crippen molar-refractivity contribution in [3.8, 4) is 0 Å². The summed E-state index contributed by atoms with van der Waals surface area (Å²) in [5.41, 5.74) is 9.56. The summed E-state index contributed by atoms with van der Waals surface area (Å²) in [6.07, 6.45) is 0. The average Bonchev–Trinajstić information content (AvgIpc) is 2.63. The van der Waals surface area contributed by atoms with E-state index in [9.17, 15) is 14.5 Å². The number of rotatable bonds is 6. The van der Waals surface area contributed by atoms with E-state index in [4.69, 9.17) is 11.0 Å². The van der Waals surface area contributed by atoms with Gasteiger partial charge < -0.3 is 14.7 Å². The molecule has 0 aliphatic rings. The standard InChI is InChI=1S/C6H11N6O4PS.Na/c1-2-16-10-3(5(13)14)4-9-6(18-12-4)11-17(7,8)15;/h2H2,1H3,(H,13,14)(H5,7,8,9,11,12,15);/q;+1/p-1/b10-3-;. The number of nitrogens with two attached hydrogens (primary N) is 2. The quantitative estimate of drug-likeness (QED) is 0.202. The molecule has 0 bridgehead atoms. The van der Waals surface area contributed by atoms with Crippen molar-refractivity contribution in [1.82, 2.24) is 9.36 Å². The van der Waals surface area contributed by atoms with Crippen molar-refractivity contribution in [2.45, 2.75) is 6.92 Å². The Labute approximate surface area is 134 Å². The topological polar surface area (TPSA) is 169 Å². The van der Waals surface area contributed by atoms with Gasteiger partial charge >= 0.3 is 29.6 Å². The minimum Gasteiger partial charge on any atom is -0.543 e. The number of carbonyl (C=O) groups excluding carboxylic acids is 1. The maximum atomic E-state index is 11.1. The second-order valence-electron chi connectivity index (χ2n) is 2.89. The molecule has 13 heteroatoms. The molecule has 0 saturated heterocycles. The molecule has 0 spiro atoms. The number of carboxylic acids is 1. The van der Waals surface area contributed by atoms with Crippen LogP contribution in [0.2, 0.25) is 0 Å². The Hall–Kier alpha value is -0.550. The molecule has 0 fully saturated rings. The van der Waals surface area contributed by atoms with E-state index in [1.165, 1.54) is 0 Å². The Balaban J connectivity index is 0.00000324. The molecule has 5 N–H and O–H groups in total. The van der Waals surface area contributed by atoms with Crippen LogP contribution in [-0.2, 0) is 14.2 Å². The van der Waals surface area contributed by atoms with Gasteiger partial charge in [-0.3, -0.25) is 20.7 Å². The summed E-state index contributed by atoms with van der Waals surface area (Å²) in [6, 6.07) is 0. The Bertz CT molecular complexity index is 516. The minimum absolute atomic E-state index is 0. The van der Waals surface area contributed by atoms with E-state index in [-0.39, 0.29) is 47.1 Å². The normalized spacial score (nSPS) is 11.6. The van der Waals surface area contributed by atoms with Gasteiger partial charge in [0, 0.05) is 11.5 Å². The molecule has 1 aromatic rings. The molecule has 0 unspecified atom stereocenters.